The van der Waals surface area contributed by atoms with Crippen molar-refractivity contribution >= 4 is 11.4 Å². The van der Waals surface area contributed by atoms with Crippen molar-refractivity contribution in [3.05, 3.63) is 11.3 Å². The summed E-state index contributed by atoms with van der Waals surface area (Å²) in [7, 11) is 0. The van der Waals surface area contributed by atoms with Crippen LogP contribution in [0, 0.1) is 5.92 Å². The number of nitrogens with zero attached hydrogens (tertiary/aromatic N) is 2. The molecule has 1 fully saturated rings. The predicted molar refractivity (Wildman–Crippen MR) is 63.6 cm³/mol. The van der Waals surface area contributed by atoms with Crippen LogP contribution in [0.4, 0.5) is 0 Å². The van der Waals surface area contributed by atoms with Crippen LogP contribution in [0.25, 0.3) is 0 Å². The van der Waals surface area contributed by atoms with E-state index in [1.54, 1.807) is 6.92 Å². The lowest BCUT2D eigenvalue weighted by Crippen LogP contribution is -2.40. The minimum Gasteiger partial charge on any atom is -0.494 e. The zero-order valence-electron chi connectivity index (χ0n) is 10.2. The average Bonchev–Trinajstić information content (AvgIpc) is 2.36. The Morgan fingerprint density at radius 1 is 1.29 bits per heavy atom. The molecule has 1 saturated carbocycles. The molecule has 0 unspecified atom stereocenters. The van der Waals surface area contributed by atoms with Crippen LogP contribution in [0.1, 0.15) is 39.5 Å². The molecule has 2 N–H and O–H groups in total. The molecule has 0 aromatic heterocycles. The second-order valence-corrected chi connectivity index (χ2v) is 4.65. The first-order chi connectivity index (χ1) is 8.19. The van der Waals surface area contributed by atoms with E-state index in [2.05, 4.69) is 10.3 Å². The van der Waals surface area contributed by atoms with Crippen molar-refractivity contribution in [2.75, 3.05) is 0 Å². The molecule has 2 aliphatic rings. The minimum atomic E-state index is 0.102. The zero-order valence-corrected chi connectivity index (χ0v) is 10.2. The Morgan fingerprint density at radius 2 is 2.00 bits per heavy atom. The van der Waals surface area contributed by atoms with Crippen molar-refractivity contribution in [1.29, 1.82) is 0 Å². The van der Waals surface area contributed by atoms with E-state index in [-0.39, 0.29) is 12.0 Å². The number of fused-ring (bicyclic) bond motifs is 1. The fraction of sp³-hybridized carbons (Fsp3) is 0.667. The molecule has 94 valence electrons. The van der Waals surface area contributed by atoms with Gasteiger partial charge in [0.05, 0.1) is 17.0 Å². The van der Waals surface area contributed by atoms with Crippen LogP contribution in [0.2, 0.25) is 0 Å². The van der Waals surface area contributed by atoms with Crippen LogP contribution in [0.5, 0.6) is 0 Å². The van der Waals surface area contributed by atoms with Crippen molar-refractivity contribution in [2.24, 2.45) is 16.2 Å². The molecule has 5 heteroatoms. The quantitative estimate of drug-likeness (QED) is 0.419. The number of allylic oxidation sites excluding steroid dienone is 2. The van der Waals surface area contributed by atoms with Crippen LogP contribution < -0.4 is 0 Å². The number of hydrogen-bond donors (Lipinski definition) is 2. The summed E-state index contributed by atoms with van der Waals surface area (Å²) >= 11 is 0. The lowest BCUT2D eigenvalue weighted by atomic mass is 9.78. The Kier molecular flexibility index (Phi) is 3.36. The van der Waals surface area contributed by atoms with Gasteiger partial charge in [-0.15, -0.1) is 0 Å². The molecule has 1 aliphatic carbocycles. The fourth-order valence-corrected chi connectivity index (χ4v) is 2.82. The Balaban J connectivity index is 2.42. The molecular weight excluding hydrogens is 220 g/mol. The molecule has 0 spiro atoms. The standard InChI is InChI=1S/C12H18N2O3/c1-7(13-15)11-8(2)17-10-6-4-3-5-9(10)12(11)14-16/h9-10,15-16H,3-6H2,1-2H3/b13-7+,14-12+/t9-,10-/m0/s1. The van der Waals surface area contributed by atoms with E-state index in [1.165, 1.54) is 0 Å². The Hall–Kier alpha value is -1.52. The molecule has 0 aromatic carbocycles. The summed E-state index contributed by atoms with van der Waals surface area (Å²) in [4.78, 5) is 0. The molecule has 0 bridgehead atoms. The molecule has 2 rings (SSSR count). The maximum absolute atomic E-state index is 9.22. The summed E-state index contributed by atoms with van der Waals surface area (Å²) in [5.74, 6) is 0.792. The molecule has 0 aromatic rings. The largest absolute Gasteiger partial charge is 0.494 e. The van der Waals surface area contributed by atoms with Gasteiger partial charge in [-0.1, -0.05) is 16.7 Å². The SMILES string of the molecule is CC1=C(/C(C)=N/O)/C(=N/O)[C@H]2CCCC[C@@H]2O1. The fourth-order valence-electron chi connectivity index (χ4n) is 2.82. The third kappa shape index (κ3) is 2.01. The highest BCUT2D eigenvalue weighted by atomic mass is 16.5. The maximum atomic E-state index is 9.22. The van der Waals surface area contributed by atoms with Gasteiger partial charge in [-0.2, -0.15) is 0 Å². The molecule has 2 atom stereocenters. The molecular formula is C12H18N2O3. The molecule has 0 amide bonds. The normalized spacial score (nSPS) is 32.4. The third-order valence-corrected chi connectivity index (χ3v) is 3.61. The highest BCUT2D eigenvalue weighted by molar-refractivity contribution is 6.24. The predicted octanol–water partition coefficient (Wildman–Crippen LogP) is 2.53. The van der Waals surface area contributed by atoms with E-state index < -0.39 is 0 Å². The second kappa shape index (κ2) is 4.77. The molecule has 1 heterocycles. The van der Waals surface area contributed by atoms with Gasteiger partial charge in [0.2, 0.25) is 0 Å². The lowest BCUT2D eigenvalue weighted by Gasteiger charge is -2.37. The average molecular weight is 238 g/mol. The third-order valence-electron chi connectivity index (χ3n) is 3.61. The van der Waals surface area contributed by atoms with E-state index in [0.29, 0.717) is 22.8 Å². The van der Waals surface area contributed by atoms with E-state index >= 15 is 0 Å². The summed E-state index contributed by atoms with van der Waals surface area (Å²) in [5.41, 5.74) is 1.67. The topological polar surface area (TPSA) is 74.4 Å². The number of ether oxygens (including phenoxy) is 1. The molecule has 0 saturated heterocycles. The van der Waals surface area contributed by atoms with Gasteiger partial charge in [-0.25, -0.2) is 0 Å². The molecule has 0 radical (unpaired) electrons. The summed E-state index contributed by atoms with van der Waals surface area (Å²) in [5, 5.41) is 24.7. The van der Waals surface area contributed by atoms with Crippen LogP contribution >= 0.6 is 0 Å². The monoisotopic (exact) mass is 238 g/mol. The number of rotatable bonds is 1. The van der Waals surface area contributed by atoms with Crippen LogP contribution in [-0.2, 0) is 4.74 Å². The molecule has 17 heavy (non-hydrogen) atoms. The summed E-state index contributed by atoms with van der Waals surface area (Å²) < 4.78 is 5.85. The van der Waals surface area contributed by atoms with Gasteiger partial charge in [-0.3, -0.25) is 0 Å². The van der Waals surface area contributed by atoms with Crippen molar-refractivity contribution in [3.63, 3.8) is 0 Å². The van der Waals surface area contributed by atoms with Gasteiger partial charge in [0.25, 0.3) is 0 Å². The summed E-state index contributed by atoms with van der Waals surface area (Å²) in [6, 6.07) is 0. The lowest BCUT2D eigenvalue weighted by molar-refractivity contribution is 0.0511. The second-order valence-electron chi connectivity index (χ2n) is 4.65. The van der Waals surface area contributed by atoms with Gasteiger partial charge in [0.1, 0.15) is 11.9 Å². The van der Waals surface area contributed by atoms with E-state index in [1.807, 2.05) is 6.92 Å². The molecule has 1 aliphatic heterocycles. The number of hydrogen-bond acceptors (Lipinski definition) is 5. The first-order valence-electron chi connectivity index (χ1n) is 5.98. The van der Waals surface area contributed by atoms with Crippen molar-refractivity contribution in [1.82, 2.24) is 0 Å². The molecule has 5 nitrogen and oxygen atoms in total. The Labute approximate surface area is 100 Å². The highest BCUT2D eigenvalue weighted by Gasteiger charge is 2.38. The Morgan fingerprint density at radius 3 is 2.65 bits per heavy atom. The number of oxime groups is 2. The first kappa shape index (κ1) is 12.0. The minimum absolute atomic E-state index is 0.102. The van der Waals surface area contributed by atoms with Gasteiger partial charge >= 0.3 is 0 Å². The van der Waals surface area contributed by atoms with E-state index in [9.17, 15) is 5.21 Å². The van der Waals surface area contributed by atoms with Crippen LogP contribution in [0.3, 0.4) is 0 Å². The first-order valence-corrected chi connectivity index (χ1v) is 5.98. The Bertz CT molecular complexity index is 399. The highest BCUT2D eigenvalue weighted by Crippen LogP contribution is 2.36. The summed E-state index contributed by atoms with van der Waals surface area (Å²) in [6.45, 7) is 3.50. The van der Waals surface area contributed by atoms with E-state index in [0.717, 1.165) is 25.7 Å². The van der Waals surface area contributed by atoms with Gasteiger partial charge in [-0.05, 0) is 33.1 Å². The van der Waals surface area contributed by atoms with Crippen molar-refractivity contribution < 1.29 is 15.2 Å². The van der Waals surface area contributed by atoms with Crippen molar-refractivity contribution in [2.45, 2.75) is 45.6 Å². The van der Waals surface area contributed by atoms with E-state index in [4.69, 9.17) is 9.94 Å². The zero-order chi connectivity index (χ0) is 12.4. The van der Waals surface area contributed by atoms with Crippen LogP contribution in [-0.4, -0.2) is 27.9 Å². The van der Waals surface area contributed by atoms with Gasteiger partial charge in [0, 0.05) is 5.92 Å². The smallest absolute Gasteiger partial charge is 0.107 e. The van der Waals surface area contributed by atoms with Crippen LogP contribution in [0.15, 0.2) is 21.6 Å². The van der Waals surface area contributed by atoms with Crippen molar-refractivity contribution in [3.8, 4) is 0 Å². The van der Waals surface area contributed by atoms with Gasteiger partial charge < -0.3 is 15.2 Å². The maximum Gasteiger partial charge on any atom is 0.107 e. The van der Waals surface area contributed by atoms with Gasteiger partial charge in [0.15, 0.2) is 0 Å². The summed E-state index contributed by atoms with van der Waals surface area (Å²) in [6.07, 6.45) is 4.31.